The van der Waals surface area contributed by atoms with Crippen LogP contribution in [0.1, 0.15) is 52.4 Å². The molecular weight excluding hydrogens is 242 g/mol. The number of hydrogen-bond acceptors (Lipinski definition) is 5. The van der Waals surface area contributed by atoms with Gasteiger partial charge in [-0.1, -0.05) is 34.6 Å². The molecule has 0 aromatic carbocycles. The second-order valence-corrected chi connectivity index (χ2v) is 5.28. The topological polar surface area (TPSA) is 71.2 Å². The van der Waals surface area contributed by atoms with Crippen molar-refractivity contribution in [2.75, 3.05) is 6.73 Å². The molecular formula is C11H22ClN3O2. The lowest BCUT2D eigenvalue weighted by Gasteiger charge is -2.17. The van der Waals surface area contributed by atoms with Crippen LogP contribution in [0.3, 0.4) is 0 Å². The molecule has 0 spiro atoms. The van der Waals surface area contributed by atoms with Crippen molar-refractivity contribution in [3.63, 3.8) is 0 Å². The maximum atomic E-state index is 8.91. The Hall–Kier alpha value is -0.650. The zero-order valence-electron chi connectivity index (χ0n) is 11.0. The van der Waals surface area contributed by atoms with Gasteiger partial charge in [-0.25, -0.2) is 0 Å². The Morgan fingerprint density at radius 3 is 2.24 bits per heavy atom. The molecule has 1 rings (SSSR count). The Balaban J connectivity index is 0.00000256. The van der Waals surface area contributed by atoms with Crippen molar-refractivity contribution in [2.45, 2.75) is 46.1 Å². The first-order chi connectivity index (χ1) is 7.36. The first-order valence-corrected chi connectivity index (χ1v) is 5.54. The van der Waals surface area contributed by atoms with E-state index in [4.69, 9.17) is 9.52 Å². The van der Waals surface area contributed by atoms with Gasteiger partial charge in [0.15, 0.2) is 0 Å². The Bertz CT molecular complexity index is 334. The molecule has 100 valence electrons. The molecule has 0 aliphatic heterocycles. The minimum Gasteiger partial charge on any atom is -0.423 e. The normalized spacial score (nSPS) is 13.6. The fourth-order valence-electron chi connectivity index (χ4n) is 1.37. The maximum absolute atomic E-state index is 8.91. The van der Waals surface area contributed by atoms with Crippen LogP contribution in [0.2, 0.25) is 0 Å². The van der Waals surface area contributed by atoms with Crippen molar-refractivity contribution in [1.82, 2.24) is 15.5 Å². The van der Waals surface area contributed by atoms with Gasteiger partial charge in [0.05, 0.1) is 12.8 Å². The molecule has 1 aromatic rings. The Morgan fingerprint density at radius 1 is 1.29 bits per heavy atom. The van der Waals surface area contributed by atoms with Crippen LogP contribution in [0.15, 0.2) is 4.42 Å². The zero-order valence-corrected chi connectivity index (χ0v) is 11.8. The van der Waals surface area contributed by atoms with Gasteiger partial charge in [0.1, 0.15) is 0 Å². The van der Waals surface area contributed by atoms with Crippen molar-refractivity contribution in [2.24, 2.45) is 5.92 Å². The maximum Gasteiger partial charge on any atom is 0.233 e. The number of nitrogens with zero attached hydrogens (tertiary/aromatic N) is 2. The standard InChI is InChI=1S/C11H21N3O2.ClH/c1-7(2)8(12-6-15)9-13-14-10(16-9)11(3,4)5;/h7-8,12,15H,6H2,1-5H3;1H. The predicted octanol–water partition coefficient (Wildman–Crippen LogP) is 2.03. The third kappa shape index (κ3) is 4.26. The number of aliphatic hydroxyl groups excluding tert-OH is 1. The van der Waals surface area contributed by atoms with E-state index in [0.29, 0.717) is 11.8 Å². The van der Waals surface area contributed by atoms with Crippen LogP contribution in [0.4, 0.5) is 0 Å². The van der Waals surface area contributed by atoms with E-state index in [0.717, 1.165) is 0 Å². The quantitative estimate of drug-likeness (QED) is 0.814. The number of halogens is 1. The van der Waals surface area contributed by atoms with Crippen LogP contribution in [0.5, 0.6) is 0 Å². The summed E-state index contributed by atoms with van der Waals surface area (Å²) < 4.78 is 5.63. The Kier molecular flexibility index (Phi) is 6.09. The summed E-state index contributed by atoms with van der Waals surface area (Å²) >= 11 is 0. The van der Waals surface area contributed by atoms with Gasteiger partial charge in [-0.05, 0) is 5.92 Å². The van der Waals surface area contributed by atoms with Crippen LogP contribution in [-0.4, -0.2) is 22.0 Å². The third-order valence-corrected chi connectivity index (χ3v) is 2.33. The lowest BCUT2D eigenvalue weighted by Crippen LogP contribution is -2.26. The van der Waals surface area contributed by atoms with Gasteiger partial charge < -0.3 is 9.52 Å². The molecule has 1 unspecified atom stereocenters. The van der Waals surface area contributed by atoms with Gasteiger partial charge in [-0.15, -0.1) is 22.6 Å². The van der Waals surface area contributed by atoms with E-state index >= 15 is 0 Å². The summed E-state index contributed by atoms with van der Waals surface area (Å²) in [4.78, 5) is 0. The predicted molar refractivity (Wildman–Crippen MR) is 68.0 cm³/mol. The van der Waals surface area contributed by atoms with Gasteiger partial charge in [0, 0.05) is 5.41 Å². The van der Waals surface area contributed by atoms with Crippen molar-refractivity contribution >= 4 is 12.4 Å². The lowest BCUT2D eigenvalue weighted by molar-refractivity contribution is 0.204. The highest BCUT2D eigenvalue weighted by atomic mass is 35.5. The summed E-state index contributed by atoms with van der Waals surface area (Å²) in [5.41, 5.74) is -0.147. The number of aromatic nitrogens is 2. The lowest BCUT2D eigenvalue weighted by atomic mass is 9.97. The van der Waals surface area contributed by atoms with Crippen molar-refractivity contribution in [1.29, 1.82) is 0 Å². The van der Waals surface area contributed by atoms with E-state index in [1.54, 1.807) is 0 Å². The van der Waals surface area contributed by atoms with E-state index in [2.05, 4.69) is 15.5 Å². The molecule has 6 heteroatoms. The molecule has 2 N–H and O–H groups in total. The minimum absolute atomic E-state index is 0. The Labute approximate surface area is 108 Å². The highest BCUT2D eigenvalue weighted by molar-refractivity contribution is 5.85. The smallest absolute Gasteiger partial charge is 0.233 e. The molecule has 0 bridgehead atoms. The average Bonchev–Trinajstić information content (AvgIpc) is 2.61. The summed E-state index contributed by atoms with van der Waals surface area (Å²) in [6.07, 6.45) is 0. The minimum atomic E-state index is -0.147. The summed E-state index contributed by atoms with van der Waals surface area (Å²) in [6, 6.07) is -0.103. The summed E-state index contributed by atoms with van der Waals surface area (Å²) in [5, 5.41) is 19.9. The second kappa shape index (κ2) is 6.33. The zero-order chi connectivity index (χ0) is 12.3. The number of aliphatic hydroxyl groups is 1. The Morgan fingerprint density at radius 2 is 1.88 bits per heavy atom. The molecule has 0 saturated carbocycles. The van der Waals surface area contributed by atoms with E-state index in [1.165, 1.54) is 0 Å². The molecule has 0 amide bonds. The molecule has 1 aromatic heterocycles. The molecule has 0 radical (unpaired) electrons. The van der Waals surface area contributed by atoms with Crippen LogP contribution >= 0.6 is 12.4 Å². The largest absolute Gasteiger partial charge is 0.423 e. The van der Waals surface area contributed by atoms with Gasteiger partial charge in [-0.3, -0.25) is 5.32 Å². The fraction of sp³-hybridized carbons (Fsp3) is 0.818. The molecule has 1 atom stereocenters. The monoisotopic (exact) mass is 263 g/mol. The van der Waals surface area contributed by atoms with E-state index in [1.807, 2.05) is 34.6 Å². The molecule has 5 nitrogen and oxygen atoms in total. The summed E-state index contributed by atoms with van der Waals surface area (Å²) in [5.74, 6) is 1.43. The van der Waals surface area contributed by atoms with E-state index in [9.17, 15) is 0 Å². The van der Waals surface area contributed by atoms with Gasteiger partial charge in [-0.2, -0.15) is 0 Å². The van der Waals surface area contributed by atoms with Crippen molar-refractivity contribution < 1.29 is 9.52 Å². The number of hydrogen-bond donors (Lipinski definition) is 2. The SMILES string of the molecule is CC(C)C(NCO)c1nnc(C(C)(C)C)o1.Cl. The van der Waals surface area contributed by atoms with E-state index in [-0.39, 0.29) is 36.5 Å². The highest BCUT2D eigenvalue weighted by Crippen LogP contribution is 2.25. The van der Waals surface area contributed by atoms with Crippen LogP contribution < -0.4 is 5.32 Å². The van der Waals surface area contributed by atoms with Gasteiger partial charge in [0.25, 0.3) is 0 Å². The third-order valence-electron chi connectivity index (χ3n) is 2.33. The molecule has 1 heterocycles. The fourth-order valence-corrected chi connectivity index (χ4v) is 1.37. The summed E-state index contributed by atoms with van der Waals surface area (Å²) in [6.45, 7) is 10.0. The second-order valence-electron chi connectivity index (χ2n) is 5.28. The molecule has 0 fully saturated rings. The number of nitrogens with one attached hydrogen (secondary N) is 1. The average molecular weight is 264 g/mol. The highest BCUT2D eigenvalue weighted by Gasteiger charge is 2.26. The molecule has 17 heavy (non-hydrogen) atoms. The van der Waals surface area contributed by atoms with Crippen LogP contribution in [0, 0.1) is 5.92 Å². The first-order valence-electron chi connectivity index (χ1n) is 5.54. The van der Waals surface area contributed by atoms with Crippen LogP contribution in [-0.2, 0) is 5.41 Å². The number of rotatable bonds is 4. The molecule has 0 aliphatic rings. The van der Waals surface area contributed by atoms with Crippen molar-refractivity contribution in [3.05, 3.63) is 11.8 Å². The molecule has 0 saturated heterocycles. The van der Waals surface area contributed by atoms with Crippen LogP contribution in [0.25, 0.3) is 0 Å². The van der Waals surface area contributed by atoms with Gasteiger partial charge in [0.2, 0.25) is 11.8 Å². The summed E-state index contributed by atoms with van der Waals surface area (Å²) in [7, 11) is 0. The van der Waals surface area contributed by atoms with E-state index < -0.39 is 0 Å². The van der Waals surface area contributed by atoms with Crippen molar-refractivity contribution in [3.8, 4) is 0 Å². The van der Waals surface area contributed by atoms with Gasteiger partial charge >= 0.3 is 0 Å². The first kappa shape index (κ1) is 16.4. The molecule has 0 aliphatic carbocycles.